The zero-order valence-electron chi connectivity index (χ0n) is 19.8. The average molecular weight is 412 g/mol. The summed E-state index contributed by atoms with van der Waals surface area (Å²) in [7, 11) is 1.68. The largest absolute Gasteiger partial charge is 0.496 e. The number of carbonyl (C=O) groups is 1. The van der Waals surface area contributed by atoms with Gasteiger partial charge in [0, 0.05) is 16.7 Å². The number of aryl methyl sites for hydroxylation is 2. The third-order valence-corrected chi connectivity index (χ3v) is 5.78. The van der Waals surface area contributed by atoms with Crippen molar-refractivity contribution >= 4 is 12.6 Å². The van der Waals surface area contributed by atoms with Gasteiger partial charge in [-0.1, -0.05) is 24.6 Å². The minimum atomic E-state index is -0.137. The minimum Gasteiger partial charge on any atom is -0.496 e. The summed E-state index contributed by atoms with van der Waals surface area (Å²) in [4.78, 5) is 17.6. The SMILES string of the molecule is C=N/C(NC1(C)CC1)=C(\CC)C(C(=O)NC(C)c1cc(C)c(OC)c(C)c1)=C(C)C. The molecule has 0 bridgehead atoms. The molecule has 1 unspecified atom stereocenters. The van der Waals surface area contributed by atoms with Crippen LogP contribution in [-0.4, -0.2) is 25.3 Å². The van der Waals surface area contributed by atoms with Crippen LogP contribution in [0.1, 0.15) is 76.6 Å². The molecule has 30 heavy (non-hydrogen) atoms. The Kier molecular flexibility index (Phi) is 7.51. The molecule has 1 saturated carbocycles. The maximum absolute atomic E-state index is 13.3. The number of methoxy groups -OCH3 is 1. The van der Waals surface area contributed by atoms with Crippen LogP contribution in [0.15, 0.2) is 39.7 Å². The number of amides is 1. The van der Waals surface area contributed by atoms with E-state index < -0.39 is 0 Å². The predicted molar refractivity (Wildman–Crippen MR) is 125 cm³/mol. The van der Waals surface area contributed by atoms with Crippen LogP contribution in [0.4, 0.5) is 0 Å². The van der Waals surface area contributed by atoms with E-state index >= 15 is 0 Å². The van der Waals surface area contributed by atoms with Gasteiger partial charge in [-0.2, -0.15) is 0 Å². The van der Waals surface area contributed by atoms with Crippen molar-refractivity contribution in [3.05, 3.63) is 51.4 Å². The summed E-state index contributed by atoms with van der Waals surface area (Å²) >= 11 is 0. The first-order valence-electron chi connectivity index (χ1n) is 10.7. The molecule has 1 aliphatic rings. The molecular weight excluding hydrogens is 374 g/mol. The second-order valence-electron chi connectivity index (χ2n) is 8.78. The van der Waals surface area contributed by atoms with Crippen molar-refractivity contribution in [1.82, 2.24) is 10.6 Å². The van der Waals surface area contributed by atoms with E-state index in [1.807, 2.05) is 41.5 Å². The van der Waals surface area contributed by atoms with Crippen LogP contribution in [0.2, 0.25) is 0 Å². The van der Waals surface area contributed by atoms with Crippen LogP contribution in [0.25, 0.3) is 0 Å². The van der Waals surface area contributed by atoms with Crippen LogP contribution < -0.4 is 15.4 Å². The number of benzene rings is 1. The van der Waals surface area contributed by atoms with Gasteiger partial charge in [0.2, 0.25) is 0 Å². The molecule has 5 nitrogen and oxygen atoms in total. The summed E-state index contributed by atoms with van der Waals surface area (Å²) in [5, 5.41) is 6.67. The molecule has 0 aromatic heterocycles. The number of aliphatic imine (C=N–C) groups is 1. The van der Waals surface area contributed by atoms with Crippen LogP contribution in [0, 0.1) is 13.8 Å². The molecule has 1 atom stereocenters. The van der Waals surface area contributed by atoms with Crippen molar-refractivity contribution in [3.8, 4) is 5.75 Å². The smallest absolute Gasteiger partial charge is 0.252 e. The third kappa shape index (κ3) is 5.32. The Hall–Kier alpha value is -2.56. The zero-order chi connectivity index (χ0) is 22.6. The Morgan fingerprint density at radius 3 is 2.23 bits per heavy atom. The quantitative estimate of drug-likeness (QED) is 0.330. The summed E-state index contributed by atoms with van der Waals surface area (Å²) in [5.74, 6) is 1.52. The standard InChI is InChI=1S/C25H37N3O2/c1-10-20(23(26-8)28-25(7)11-12-25)21(15(2)3)24(29)27-18(6)19-13-16(4)22(30-9)17(5)14-19/h13-14,18,28H,8,10-12H2,1-7,9H3,(H,27,29)/b23-20-. The van der Waals surface area contributed by atoms with Crippen LogP contribution >= 0.6 is 0 Å². The Morgan fingerprint density at radius 1 is 1.27 bits per heavy atom. The summed E-state index contributed by atoms with van der Waals surface area (Å²) in [5.41, 5.74) is 5.79. The first-order chi connectivity index (χ1) is 14.1. The third-order valence-electron chi connectivity index (χ3n) is 5.78. The lowest BCUT2D eigenvalue weighted by Crippen LogP contribution is -2.32. The number of rotatable bonds is 9. The fourth-order valence-corrected chi connectivity index (χ4v) is 3.85. The van der Waals surface area contributed by atoms with Crippen molar-refractivity contribution in [1.29, 1.82) is 0 Å². The predicted octanol–water partition coefficient (Wildman–Crippen LogP) is 5.29. The molecule has 1 amide bonds. The van der Waals surface area contributed by atoms with Gasteiger partial charge in [0.1, 0.15) is 11.6 Å². The normalized spacial score (nSPS) is 16.1. The number of nitrogens with zero attached hydrogens (tertiary/aromatic N) is 1. The monoisotopic (exact) mass is 411 g/mol. The van der Waals surface area contributed by atoms with E-state index in [4.69, 9.17) is 4.74 Å². The van der Waals surface area contributed by atoms with Gasteiger partial charge in [0.25, 0.3) is 5.91 Å². The molecule has 1 aromatic carbocycles. The summed E-state index contributed by atoms with van der Waals surface area (Å²) < 4.78 is 5.47. The van der Waals surface area contributed by atoms with E-state index in [1.54, 1.807) is 7.11 Å². The van der Waals surface area contributed by atoms with E-state index in [0.29, 0.717) is 17.8 Å². The second-order valence-corrected chi connectivity index (χ2v) is 8.78. The molecule has 1 aromatic rings. The molecule has 164 valence electrons. The van der Waals surface area contributed by atoms with Crippen molar-refractivity contribution in [2.45, 2.75) is 79.3 Å². The van der Waals surface area contributed by atoms with E-state index in [-0.39, 0.29) is 17.5 Å². The van der Waals surface area contributed by atoms with Crippen molar-refractivity contribution in [2.24, 2.45) is 4.99 Å². The Bertz CT molecular complexity index is 865. The molecular formula is C25H37N3O2. The maximum atomic E-state index is 13.3. The number of nitrogens with one attached hydrogen (secondary N) is 2. The van der Waals surface area contributed by atoms with Crippen LogP contribution in [0.5, 0.6) is 5.75 Å². The van der Waals surface area contributed by atoms with Gasteiger partial charge < -0.3 is 15.4 Å². The fourth-order valence-electron chi connectivity index (χ4n) is 3.85. The summed E-state index contributed by atoms with van der Waals surface area (Å²) in [6.07, 6.45) is 2.90. The molecule has 0 spiro atoms. The van der Waals surface area contributed by atoms with Gasteiger partial charge in [0.15, 0.2) is 0 Å². The van der Waals surface area contributed by atoms with Gasteiger partial charge >= 0.3 is 0 Å². The molecule has 0 radical (unpaired) electrons. The number of allylic oxidation sites excluding steroid dienone is 1. The van der Waals surface area contributed by atoms with Gasteiger partial charge in [-0.05, 0) is 84.2 Å². The Labute approximate surface area is 181 Å². The highest BCUT2D eigenvalue weighted by molar-refractivity contribution is 5.99. The van der Waals surface area contributed by atoms with Crippen LogP contribution in [0.3, 0.4) is 0 Å². The van der Waals surface area contributed by atoms with Gasteiger partial charge in [-0.3, -0.25) is 4.79 Å². The van der Waals surface area contributed by atoms with E-state index in [2.05, 4.69) is 41.4 Å². The summed E-state index contributed by atoms with van der Waals surface area (Å²) in [6.45, 7) is 18.0. The van der Waals surface area contributed by atoms with E-state index in [9.17, 15) is 4.79 Å². The number of carbonyl (C=O) groups excluding carboxylic acids is 1. The first-order valence-corrected chi connectivity index (χ1v) is 10.7. The molecule has 1 fully saturated rings. The summed E-state index contributed by atoms with van der Waals surface area (Å²) in [6, 6.07) is 4.01. The zero-order valence-corrected chi connectivity index (χ0v) is 19.8. The van der Waals surface area contributed by atoms with Gasteiger partial charge in [-0.15, -0.1) is 0 Å². The average Bonchev–Trinajstić information content (AvgIpc) is 3.40. The highest BCUT2D eigenvalue weighted by Crippen LogP contribution is 2.37. The number of hydrogen-bond donors (Lipinski definition) is 2. The lowest BCUT2D eigenvalue weighted by atomic mass is 9.96. The fraction of sp³-hybridized carbons (Fsp3) is 0.520. The molecule has 2 N–H and O–H groups in total. The molecule has 5 heteroatoms. The number of hydrogen-bond acceptors (Lipinski definition) is 4. The van der Waals surface area contributed by atoms with Crippen molar-refractivity contribution in [3.63, 3.8) is 0 Å². The van der Waals surface area contributed by atoms with Gasteiger partial charge in [-0.25, -0.2) is 4.99 Å². The molecule has 1 aliphatic carbocycles. The molecule has 0 aliphatic heterocycles. The molecule has 0 saturated heterocycles. The Balaban J connectivity index is 2.33. The Morgan fingerprint density at radius 2 is 1.83 bits per heavy atom. The lowest BCUT2D eigenvalue weighted by Gasteiger charge is -2.22. The van der Waals surface area contributed by atoms with Crippen LogP contribution in [-0.2, 0) is 4.79 Å². The van der Waals surface area contributed by atoms with E-state index in [1.165, 1.54) is 0 Å². The topological polar surface area (TPSA) is 62.7 Å². The molecule has 0 heterocycles. The molecule has 2 rings (SSSR count). The maximum Gasteiger partial charge on any atom is 0.252 e. The van der Waals surface area contributed by atoms with Gasteiger partial charge in [0.05, 0.1) is 13.2 Å². The second kappa shape index (κ2) is 9.50. The first kappa shape index (κ1) is 23.7. The lowest BCUT2D eigenvalue weighted by molar-refractivity contribution is -0.118. The minimum absolute atomic E-state index is 0.0611. The van der Waals surface area contributed by atoms with E-state index in [0.717, 1.165) is 46.4 Å². The number of ether oxygens (including phenoxy) is 1. The highest BCUT2D eigenvalue weighted by Gasteiger charge is 2.38. The van der Waals surface area contributed by atoms with Crippen molar-refractivity contribution < 1.29 is 9.53 Å². The highest BCUT2D eigenvalue weighted by atomic mass is 16.5. The van der Waals surface area contributed by atoms with Crippen molar-refractivity contribution in [2.75, 3.05) is 7.11 Å².